The molecular formula is C14H11FN2. The molecule has 0 amide bonds. The molecule has 0 fully saturated rings. The van der Waals surface area contributed by atoms with Gasteiger partial charge in [0.05, 0.1) is 16.9 Å². The number of nitrogens with one attached hydrogen (secondary N) is 2. The van der Waals surface area contributed by atoms with Gasteiger partial charge in [0.15, 0.2) is 0 Å². The molecule has 0 aliphatic heterocycles. The number of hydrogen-bond acceptors (Lipinski definition) is 0. The van der Waals surface area contributed by atoms with Crippen LogP contribution in [0, 0.1) is 5.82 Å². The van der Waals surface area contributed by atoms with Crippen LogP contribution in [0.2, 0.25) is 0 Å². The molecule has 1 aliphatic rings. The molecule has 0 radical (unpaired) electrons. The third kappa shape index (κ3) is 1.08. The fourth-order valence-electron chi connectivity index (χ4n) is 2.81. The zero-order valence-corrected chi connectivity index (χ0v) is 9.18. The highest BCUT2D eigenvalue weighted by Gasteiger charge is 2.22. The van der Waals surface area contributed by atoms with E-state index in [1.54, 1.807) is 6.07 Å². The number of hydrogen-bond donors (Lipinski definition) is 2. The van der Waals surface area contributed by atoms with Crippen molar-refractivity contribution < 1.29 is 4.39 Å². The van der Waals surface area contributed by atoms with E-state index in [1.165, 1.54) is 17.2 Å². The lowest BCUT2D eigenvalue weighted by atomic mass is 9.94. The second kappa shape index (κ2) is 3.00. The number of halogens is 1. The van der Waals surface area contributed by atoms with Crippen molar-refractivity contribution in [3.05, 3.63) is 47.4 Å². The van der Waals surface area contributed by atoms with Crippen LogP contribution in [-0.4, -0.2) is 9.97 Å². The van der Waals surface area contributed by atoms with Crippen molar-refractivity contribution in [2.24, 2.45) is 0 Å². The first-order valence-corrected chi connectivity index (χ1v) is 5.80. The van der Waals surface area contributed by atoms with Gasteiger partial charge < -0.3 is 9.97 Å². The smallest absolute Gasteiger partial charge is 0.147 e. The predicted molar refractivity (Wildman–Crippen MR) is 65.5 cm³/mol. The highest BCUT2D eigenvalue weighted by molar-refractivity contribution is 5.91. The molecule has 1 aromatic carbocycles. The van der Waals surface area contributed by atoms with Crippen LogP contribution in [0.5, 0.6) is 0 Å². The van der Waals surface area contributed by atoms with Crippen LogP contribution in [0.15, 0.2) is 30.5 Å². The maximum atomic E-state index is 13.7. The van der Waals surface area contributed by atoms with Gasteiger partial charge in [-0.15, -0.1) is 0 Å². The van der Waals surface area contributed by atoms with Crippen molar-refractivity contribution in [1.29, 1.82) is 0 Å². The third-order valence-corrected chi connectivity index (χ3v) is 3.62. The fraction of sp³-hybridized carbons (Fsp3) is 0.143. The lowest BCUT2D eigenvalue weighted by Crippen LogP contribution is -2.00. The Bertz CT molecular complexity index is 721. The second-order valence-corrected chi connectivity index (χ2v) is 4.52. The summed E-state index contributed by atoms with van der Waals surface area (Å²) >= 11 is 0. The van der Waals surface area contributed by atoms with Gasteiger partial charge in [0.25, 0.3) is 0 Å². The molecule has 0 unspecified atom stereocenters. The Morgan fingerprint density at radius 2 is 2.00 bits per heavy atom. The summed E-state index contributed by atoms with van der Waals surface area (Å²) in [5.41, 5.74) is 5.33. The van der Waals surface area contributed by atoms with Crippen LogP contribution >= 0.6 is 0 Å². The van der Waals surface area contributed by atoms with Gasteiger partial charge in [-0.05, 0) is 36.1 Å². The SMILES string of the molecule is Fc1cccc2c3c([nH]c12)-c1[nH]ccc1CC3. The number of aryl methyl sites for hydroxylation is 2. The van der Waals surface area contributed by atoms with E-state index in [0.717, 1.165) is 29.6 Å². The number of benzene rings is 1. The number of aromatic nitrogens is 2. The molecule has 3 heteroatoms. The first-order valence-electron chi connectivity index (χ1n) is 5.80. The summed E-state index contributed by atoms with van der Waals surface area (Å²) in [4.78, 5) is 6.46. The summed E-state index contributed by atoms with van der Waals surface area (Å²) in [6.07, 6.45) is 3.95. The van der Waals surface area contributed by atoms with E-state index in [1.807, 2.05) is 12.3 Å². The van der Waals surface area contributed by atoms with Crippen LogP contribution in [0.1, 0.15) is 11.1 Å². The molecular weight excluding hydrogens is 215 g/mol. The summed E-state index contributed by atoms with van der Waals surface area (Å²) < 4.78 is 13.7. The van der Waals surface area contributed by atoms with Gasteiger partial charge >= 0.3 is 0 Å². The molecule has 2 nitrogen and oxygen atoms in total. The van der Waals surface area contributed by atoms with E-state index in [2.05, 4.69) is 16.0 Å². The number of aromatic amines is 2. The zero-order valence-electron chi connectivity index (χ0n) is 9.18. The minimum absolute atomic E-state index is 0.176. The summed E-state index contributed by atoms with van der Waals surface area (Å²) in [5.74, 6) is -0.176. The normalized spacial score (nSPS) is 13.7. The molecule has 4 rings (SSSR count). The molecule has 17 heavy (non-hydrogen) atoms. The molecule has 2 heterocycles. The van der Waals surface area contributed by atoms with Gasteiger partial charge in [0.2, 0.25) is 0 Å². The fourth-order valence-corrected chi connectivity index (χ4v) is 2.81. The molecule has 3 aromatic rings. The summed E-state index contributed by atoms with van der Waals surface area (Å²) in [7, 11) is 0. The van der Waals surface area contributed by atoms with Gasteiger partial charge in [-0.2, -0.15) is 0 Å². The monoisotopic (exact) mass is 226 g/mol. The van der Waals surface area contributed by atoms with E-state index in [9.17, 15) is 4.39 Å². The van der Waals surface area contributed by atoms with Crippen LogP contribution in [0.25, 0.3) is 22.3 Å². The highest BCUT2D eigenvalue weighted by atomic mass is 19.1. The van der Waals surface area contributed by atoms with Crippen molar-refractivity contribution >= 4 is 10.9 Å². The van der Waals surface area contributed by atoms with Crippen molar-refractivity contribution in [3.63, 3.8) is 0 Å². The van der Waals surface area contributed by atoms with Crippen LogP contribution in [-0.2, 0) is 12.8 Å². The molecule has 84 valence electrons. The summed E-state index contributed by atoms with van der Waals surface area (Å²) in [6, 6.07) is 7.36. The van der Waals surface area contributed by atoms with E-state index in [-0.39, 0.29) is 5.82 Å². The first-order chi connectivity index (χ1) is 8.34. The van der Waals surface area contributed by atoms with Gasteiger partial charge in [0.1, 0.15) is 5.82 Å². The lowest BCUT2D eigenvalue weighted by Gasteiger charge is -2.12. The Hall–Kier alpha value is -2.03. The minimum Gasteiger partial charge on any atom is -0.360 e. The Morgan fingerprint density at radius 3 is 2.94 bits per heavy atom. The molecule has 0 bridgehead atoms. The summed E-state index contributed by atoms with van der Waals surface area (Å²) in [5, 5.41) is 1.01. The maximum absolute atomic E-state index is 13.7. The standard InChI is InChI=1S/C14H11FN2/c15-11-3-1-2-9-10-5-4-8-6-7-16-12(8)14(10)17-13(9)11/h1-3,6-7,16-17H,4-5H2. The number of H-pyrrole nitrogens is 2. The molecule has 0 spiro atoms. The lowest BCUT2D eigenvalue weighted by molar-refractivity contribution is 0.637. The quantitative estimate of drug-likeness (QED) is 0.588. The Balaban J connectivity index is 2.14. The van der Waals surface area contributed by atoms with Crippen molar-refractivity contribution in [3.8, 4) is 11.4 Å². The topological polar surface area (TPSA) is 31.6 Å². The first kappa shape index (κ1) is 9.05. The average molecular weight is 226 g/mol. The van der Waals surface area contributed by atoms with Crippen LogP contribution in [0.4, 0.5) is 4.39 Å². The van der Waals surface area contributed by atoms with Gasteiger partial charge in [-0.3, -0.25) is 0 Å². The maximum Gasteiger partial charge on any atom is 0.147 e. The van der Waals surface area contributed by atoms with E-state index in [0.29, 0.717) is 5.52 Å². The van der Waals surface area contributed by atoms with Crippen molar-refractivity contribution in [2.75, 3.05) is 0 Å². The third-order valence-electron chi connectivity index (χ3n) is 3.62. The Morgan fingerprint density at radius 1 is 1.06 bits per heavy atom. The zero-order chi connectivity index (χ0) is 11.4. The Labute approximate surface area is 97.5 Å². The number of fused-ring (bicyclic) bond motifs is 5. The molecule has 0 saturated carbocycles. The van der Waals surface area contributed by atoms with Crippen LogP contribution in [0.3, 0.4) is 0 Å². The highest BCUT2D eigenvalue weighted by Crippen LogP contribution is 2.37. The minimum atomic E-state index is -0.176. The molecule has 2 N–H and O–H groups in total. The van der Waals surface area contributed by atoms with Gasteiger partial charge in [-0.25, -0.2) is 4.39 Å². The Kier molecular flexibility index (Phi) is 1.60. The van der Waals surface area contributed by atoms with Crippen LogP contribution < -0.4 is 0 Å². The van der Waals surface area contributed by atoms with E-state index in [4.69, 9.17) is 0 Å². The molecule has 2 aromatic heterocycles. The van der Waals surface area contributed by atoms with Gasteiger partial charge in [-0.1, -0.05) is 12.1 Å². The number of rotatable bonds is 0. The van der Waals surface area contributed by atoms with Crippen molar-refractivity contribution in [1.82, 2.24) is 9.97 Å². The summed E-state index contributed by atoms with van der Waals surface area (Å²) in [6.45, 7) is 0. The number of para-hydroxylation sites is 1. The van der Waals surface area contributed by atoms with E-state index < -0.39 is 0 Å². The molecule has 0 saturated heterocycles. The van der Waals surface area contributed by atoms with Crippen molar-refractivity contribution in [2.45, 2.75) is 12.8 Å². The molecule has 0 atom stereocenters. The van der Waals surface area contributed by atoms with E-state index >= 15 is 0 Å². The molecule has 1 aliphatic carbocycles. The average Bonchev–Trinajstić information content (AvgIpc) is 2.91. The second-order valence-electron chi connectivity index (χ2n) is 4.52. The predicted octanol–water partition coefficient (Wildman–Crippen LogP) is 3.40. The van der Waals surface area contributed by atoms with Gasteiger partial charge in [0, 0.05) is 11.6 Å². The largest absolute Gasteiger partial charge is 0.360 e.